The summed E-state index contributed by atoms with van der Waals surface area (Å²) in [7, 11) is 0. The summed E-state index contributed by atoms with van der Waals surface area (Å²) in [6, 6.07) is 20.1. The number of esters is 1. The van der Waals surface area contributed by atoms with Gasteiger partial charge in [-0.15, -0.1) is 11.8 Å². The molecule has 2 aromatic rings. The van der Waals surface area contributed by atoms with Crippen molar-refractivity contribution in [2.24, 2.45) is 11.8 Å². The predicted molar refractivity (Wildman–Crippen MR) is 147 cm³/mol. The second-order valence-electron chi connectivity index (χ2n) is 11.4. The fourth-order valence-electron chi connectivity index (χ4n) is 6.56. The number of carboxylic acids is 1. The van der Waals surface area contributed by atoms with Crippen LogP contribution in [0.3, 0.4) is 0 Å². The highest BCUT2D eigenvalue weighted by Crippen LogP contribution is 2.43. The van der Waals surface area contributed by atoms with E-state index in [0.717, 1.165) is 61.9 Å². The Labute approximate surface area is 243 Å². The molecule has 1 N–H and O–H groups in total. The van der Waals surface area contributed by atoms with Crippen molar-refractivity contribution in [2.45, 2.75) is 67.7 Å². The Hall–Kier alpha value is -2.56. The number of alkyl halides is 3. The summed E-state index contributed by atoms with van der Waals surface area (Å²) in [5.41, 5.74) is -0.837. The maximum absolute atomic E-state index is 13.6. The molecule has 224 valence electrons. The van der Waals surface area contributed by atoms with Gasteiger partial charge in [0.15, 0.2) is 11.7 Å². The van der Waals surface area contributed by atoms with Crippen LogP contribution in [0.5, 0.6) is 0 Å². The van der Waals surface area contributed by atoms with Crippen LogP contribution < -0.4 is 5.11 Å². The lowest BCUT2D eigenvalue weighted by atomic mass is 9.79. The lowest BCUT2D eigenvalue weighted by molar-refractivity contribution is -0.946. The lowest BCUT2D eigenvalue weighted by Gasteiger charge is -2.52. The van der Waals surface area contributed by atoms with Crippen LogP contribution in [0.4, 0.5) is 13.2 Å². The quantitative estimate of drug-likeness (QED) is 0.196. The van der Waals surface area contributed by atoms with Crippen LogP contribution in [-0.4, -0.2) is 65.7 Å². The molecule has 41 heavy (non-hydrogen) atoms. The van der Waals surface area contributed by atoms with Gasteiger partial charge in [0.1, 0.15) is 12.5 Å². The molecule has 3 saturated heterocycles. The smallest absolute Gasteiger partial charge is 0.430 e. The second kappa shape index (κ2) is 13.6. The summed E-state index contributed by atoms with van der Waals surface area (Å²) in [5, 5.41) is 20.6. The van der Waals surface area contributed by atoms with Crippen LogP contribution in [0, 0.1) is 11.8 Å². The molecule has 1 aliphatic carbocycles. The fraction of sp³-hybridized carbons (Fsp3) is 0.548. The van der Waals surface area contributed by atoms with E-state index in [1.54, 1.807) is 0 Å². The van der Waals surface area contributed by atoms with Crippen molar-refractivity contribution < 1.29 is 42.2 Å². The molecule has 0 radical (unpaired) electrons. The zero-order chi connectivity index (χ0) is 29.5. The Morgan fingerprint density at radius 3 is 2.07 bits per heavy atom. The predicted octanol–water partition coefficient (Wildman–Crippen LogP) is 4.70. The highest BCUT2D eigenvalue weighted by Gasteiger charge is 2.52. The number of piperidine rings is 3. The topological polar surface area (TPSA) is 86.7 Å². The number of carboxylic acid groups (broad SMARTS) is 1. The van der Waals surface area contributed by atoms with E-state index in [1.165, 1.54) is 24.4 Å². The SMILES string of the molecule is O=C(O[C@H]1C[N+]2(CCCSc3ccccc3)CCC1CC2)[C@](O)(c1ccccc1)C1CCCC1.O=C([O-])C(F)(F)F. The number of hydrogen-bond donors (Lipinski definition) is 1. The molecule has 2 aromatic carbocycles. The minimum atomic E-state index is -5.19. The van der Waals surface area contributed by atoms with E-state index in [2.05, 4.69) is 30.3 Å². The molecule has 6 nitrogen and oxygen atoms in total. The third kappa shape index (κ3) is 7.84. The first-order valence-corrected chi connectivity index (χ1v) is 15.3. The number of rotatable bonds is 9. The molecule has 3 heterocycles. The van der Waals surface area contributed by atoms with Gasteiger partial charge in [0.2, 0.25) is 0 Å². The van der Waals surface area contributed by atoms with Crippen LogP contribution in [0.25, 0.3) is 0 Å². The maximum Gasteiger partial charge on any atom is 0.430 e. The molecule has 2 bridgehead atoms. The monoisotopic (exact) mass is 593 g/mol. The van der Waals surface area contributed by atoms with Crippen LogP contribution in [0.2, 0.25) is 0 Å². The maximum atomic E-state index is 13.6. The van der Waals surface area contributed by atoms with Crippen LogP contribution in [0.15, 0.2) is 65.6 Å². The van der Waals surface area contributed by atoms with Crippen molar-refractivity contribution in [3.63, 3.8) is 0 Å². The minimum absolute atomic E-state index is 0.0540. The standard InChI is InChI=1S/C29H38NO3S.C2HF3O2/c31-28(29(32,25-12-7-8-13-25)24-10-3-1-4-11-24)33-27-22-30(19-16-23(27)17-20-30)18-9-21-34-26-14-5-2-6-15-26;3-2(4,5)1(6)7/h1-6,10-11,14-15,23,25,27,32H,7-9,12-13,16-22H2;(H,6,7)/q+1;/p-1/t23?,27-,29-,30?;/m0./s1. The van der Waals surface area contributed by atoms with Crippen molar-refractivity contribution in [1.29, 1.82) is 0 Å². The first kappa shape index (κ1) is 31.4. The van der Waals surface area contributed by atoms with E-state index in [-0.39, 0.29) is 12.0 Å². The molecule has 2 atom stereocenters. The lowest BCUT2D eigenvalue weighted by Crippen LogP contribution is -2.65. The first-order valence-electron chi connectivity index (χ1n) is 14.3. The Morgan fingerprint density at radius 1 is 0.951 bits per heavy atom. The molecule has 0 aromatic heterocycles. The number of carbonyl (C=O) groups is 2. The number of ether oxygens (including phenoxy) is 1. The molecule has 3 aliphatic heterocycles. The fourth-order valence-corrected chi connectivity index (χ4v) is 7.42. The summed E-state index contributed by atoms with van der Waals surface area (Å²) in [4.78, 5) is 23.8. The molecule has 10 heteroatoms. The van der Waals surface area contributed by atoms with E-state index in [0.29, 0.717) is 11.5 Å². The Kier molecular flexibility index (Phi) is 10.4. The molecule has 6 rings (SSSR count). The van der Waals surface area contributed by atoms with Gasteiger partial charge in [-0.2, -0.15) is 13.2 Å². The van der Waals surface area contributed by atoms with Crippen LogP contribution >= 0.6 is 11.8 Å². The summed E-state index contributed by atoms with van der Waals surface area (Å²) in [6.45, 7) is 4.44. The minimum Gasteiger partial charge on any atom is -0.542 e. The van der Waals surface area contributed by atoms with Gasteiger partial charge in [-0.05, 0) is 30.5 Å². The molecule has 0 spiro atoms. The molecule has 4 fully saturated rings. The molecule has 4 aliphatic rings. The third-order valence-corrected chi connectivity index (χ3v) is 9.89. The largest absolute Gasteiger partial charge is 0.542 e. The summed E-state index contributed by atoms with van der Waals surface area (Å²) < 4.78 is 38.9. The van der Waals surface area contributed by atoms with Gasteiger partial charge in [0.25, 0.3) is 0 Å². The van der Waals surface area contributed by atoms with E-state index in [9.17, 15) is 23.1 Å². The van der Waals surface area contributed by atoms with Gasteiger partial charge in [-0.3, -0.25) is 0 Å². The van der Waals surface area contributed by atoms with Gasteiger partial charge in [-0.25, -0.2) is 4.79 Å². The van der Waals surface area contributed by atoms with Crippen molar-refractivity contribution in [1.82, 2.24) is 0 Å². The average Bonchev–Trinajstić information content (AvgIpc) is 3.52. The number of carbonyl (C=O) groups excluding carboxylic acids is 2. The molecular weight excluding hydrogens is 555 g/mol. The number of halogens is 3. The van der Waals surface area contributed by atoms with Crippen molar-refractivity contribution in [3.8, 4) is 0 Å². The number of nitrogens with zero attached hydrogens (tertiary/aromatic N) is 1. The van der Waals surface area contributed by atoms with Gasteiger partial charge in [0.05, 0.1) is 19.6 Å². The second-order valence-corrected chi connectivity index (χ2v) is 12.6. The zero-order valence-electron chi connectivity index (χ0n) is 23.1. The van der Waals surface area contributed by atoms with E-state index < -0.39 is 23.7 Å². The zero-order valence-corrected chi connectivity index (χ0v) is 23.9. The van der Waals surface area contributed by atoms with Crippen molar-refractivity contribution in [3.05, 3.63) is 66.2 Å². The Balaban J connectivity index is 0.000000493. The molecule has 0 amide bonds. The van der Waals surface area contributed by atoms with Gasteiger partial charge in [-0.1, -0.05) is 61.4 Å². The van der Waals surface area contributed by atoms with Gasteiger partial charge in [0, 0.05) is 41.7 Å². The Morgan fingerprint density at radius 2 is 1.51 bits per heavy atom. The Bertz CT molecular complexity index is 1140. The molecule has 1 saturated carbocycles. The van der Waals surface area contributed by atoms with Crippen molar-refractivity contribution >= 4 is 23.7 Å². The number of benzene rings is 2. The highest BCUT2D eigenvalue weighted by atomic mass is 32.2. The number of aliphatic carboxylic acids is 1. The highest BCUT2D eigenvalue weighted by molar-refractivity contribution is 7.99. The van der Waals surface area contributed by atoms with Gasteiger partial charge < -0.3 is 24.2 Å². The average molecular weight is 594 g/mol. The number of aliphatic hydroxyl groups is 1. The molecule has 0 unspecified atom stereocenters. The summed E-state index contributed by atoms with van der Waals surface area (Å²) >= 11 is 1.93. The first-order chi connectivity index (χ1) is 19.5. The number of fused-ring (bicyclic) bond motifs is 3. The third-order valence-electron chi connectivity index (χ3n) is 8.79. The number of thioether (sulfide) groups is 1. The number of hydrogen-bond acceptors (Lipinski definition) is 6. The van der Waals surface area contributed by atoms with Gasteiger partial charge >= 0.3 is 12.1 Å². The van der Waals surface area contributed by atoms with Crippen LogP contribution in [0.1, 0.15) is 50.5 Å². The van der Waals surface area contributed by atoms with E-state index >= 15 is 0 Å². The molecular formula is C31H38F3NO5S. The normalized spacial score (nSPS) is 25.6. The van der Waals surface area contributed by atoms with E-state index in [4.69, 9.17) is 14.6 Å². The van der Waals surface area contributed by atoms with E-state index in [1.807, 2.05) is 42.1 Å². The van der Waals surface area contributed by atoms with Crippen LogP contribution in [-0.2, 0) is 19.9 Å². The number of quaternary nitrogens is 1. The van der Waals surface area contributed by atoms with Crippen molar-refractivity contribution in [2.75, 3.05) is 31.9 Å². The summed E-state index contributed by atoms with van der Waals surface area (Å²) in [6.07, 6.45) is 2.05. The summed E-state index contributed by atoms with van der Waals surface area (Å²) in [5.74, 6) is -1.92.